The summed E-state index contributed by atoms with van der Waals surface area (Å²) in [5, 5.41) is 8.94. The Balaban J connectivity index is 0.000000186. The van der Waals surface area contributed by atoms with Gasteiger partial charge in [-0.15, -0.1) is 11.6 Å². The van der Waals surface area contributed by atoms with Crippen molar-refractivity contribution >= 4 is 28.9 Å². The molecule has 5 N–H and O–H groups in total. The Bertz CT molecular complexity index is 686. The van der Waals surface area contributed by atoms with E-state index in [2.05, 4.69) is 35.2 Å². The standard InChI is InChI=1S/C12H16ClN.C7H8N2O2/c13-12-6-8-14(9-7-12)10-11-4-2-1-3-5-11;8-4-1-2-5(7(10)11)6(9)3-4/h1-5,12H,6-10H2;1-3H,8-9H2,(H,10,11). The molecule has 0 aromatic heterocycles. The fourth-order valence-electron chi connectivity index (χ4n) is 2.68. The lowest BCUT2D eigenvalue weighted by Gasteiger charge is -2.29. The van der Waals surface area contributed by atoms with Crippen LogP contribution in [0.2, 0.25) is 0 Å². The van der Waals surface area contributed by atoms with Crippen molar-refractivity contribution in [1.82, 2.24) is 4.90 Å². The first-order chi connectivity index (χ1) is 12.0. The van der Waals surface area contributed by atoms with Crippen LogP contribution in [0.3, 0.4) is 0 Å². The second-order valence-electron chi connectivity index (χ2n) is 6.09. The maximum absolute atomic E-state index is 10.4. The minimum absolute atomic E-state index is 0.0826. The number of nitrogen functional groups attached to an aromatic ring is 2. The number of halogens is 1. The minimum atomic E-state index is -1.04. The lowest BCUT2D eigenvalue weighted by molar-refractivity contribution is 0.0698. The van der Waals surface area contributed by atoms with Crippen molar-refractivity contribution in [3.8, 4) is 0 Å². The Hall–Kier alpha value is -2.24. The van der Waals surface area contributed by atoms with Gasteiger partial charge in [0.05, 0.1) is 5.56 Å². The number of anilines is 2. The van der Waals surface area contributed by atoms with E-state index in [9.17, 15) is 4.79 Å². The number of rotatable bonds is 3. The summed E-state index contributed by atoms with van der Waals surface area (Å²) >= 11 is 6.06. The number of carboxylic acids is 1. The van der Waals surface area contributed by atoms with E-state index in [4.69, 9.17) is 28.2 Å². The minimum Gasteiger partial charge on any atom is -0.478 e. The molecule has 1 saturated heterocycles. The normalized spacial score (nSPS) is 15.2. The molecule has 1 fully saturated rings. The molecule has 134 valence electrons. The van der Waals surface area contributed by atoms with Gasteiger partial charge in [0.25, 0.3) is 0 Å². The first-order valence-electron chi connectivity index (χ1n) is 8.24. The smallest absolute Gasteiger partial charge is 0.337 e. The van der Waals surface area contributed by atoms with E-state index in [1.165, 1.54) is 23.8 Å². The number of piperidine rings is 1. The van der Waals surface area contributed by atoms with Crippen molar-refractivity contribution < 1.29 is 9.90 Å². The number of nitrogens with two attached hydrogens (primary N) is 2. The van der Waals surface area contributed by atoms with Gasteiger partial charge in [0.2, 0.25) is 0 Å². The Kier molecular flexibility index (Phi) is 7.10. The van der Waals surface area contributed by atoms with Gasteiger partial charge in [0, 0.05) is 23.3 Å². The van der Waals surface area contributed by atoms with Crippen LogP contribution in [0, 0.1) is 0 Å². The zero-order valence-corrected chi connectivity index (χ0v) is 14.8. The molecule has 0 bridgehead atoms. The monoisotopic (exact) mass is 361 g/mol. The molecule has 0 saturated carbocycles. The molecule has 6 heteroatoms. The highest BCUT2D eigenvalue weighted by Crippen LogP contribution is 2.17. The molecular weight excluding hydrogens is 338 g/mol. The lowest BCUT2D eigenvalue weighted by atomic mass is 10.1. The predicted octanol–water partition coefficient (Wildman–Crippen LogP) is 3.44. The number of carbonyl (C=O) groups is 1. The molecule has 1 aliphatic heterocycles. The van der Waals surface area contributed by atoms with E-state index in [-0.39, 0.29) is 11.3 Å². The Morgan fingerprint density at radius 1 is 1.12 bits per heavy atom. The number of likely N-dealkylation sites (tertiary alicyclic amines) is 1. The molecule has 0 amide bonds. The van der Waals surface area contributed by atoms with Crippen molar-refractivity contribution in [2.24, 2.45) is 0 Å². The van der Waals surface area contributed by atoms with Crippen LogP contribution in [0.15, 0.2) is 48.5 Å². The zero-order chi connectivity index (χ0) is 18.2. The highest BCUT2D eigenvalue weighted by molar-refractivity contribution is 6.20. The number of hydrogen-bond donors (Lipinski definition) is 3. The van der Waals surface area contributed by atoms with Crippen LogP contribution in [0.4, 0.5) is 11.4 Å². The van der Waals surface area contributed by atoms with Crippen LogP contribution in [0.25, 0.3) is 0 Å². The van der Waals surface area contributed by atoms with Gasteiger partial charge < -0.3 is 16.6 Å². The average Bonchev–Trinajstić information content (AvgIpc) is 2.58. The maximum Gasteiger partial charge on any atom is 0.337 e. The molecule has 0 radical (unpaired) electrons. The van der Waals surface area contributed by atoms with Crippen LogP contribution in [0.1, 0.15) is 28.8 Å². The zero-order valence-electron chi connectivity index (χ0n) is 14.1. The molecule has 25 heavy (non-hydrogen) atoms. The molecule has 3 rings (SSSR count). The van der Waals surface area contributed by atoms with Crippen molar-refractivity contribution in [3.05, 3.63) is 59.7 Å². The molecule has 1 aliphatic rings. The summed E-state index contributed by atoms with van der Waals surface area (Å²) in [6, 6.07) is 14.9. The van der Waals surface area contributed by atoms with Crippen LogP contribution in [0.5, 0.6) is 0 Å². The second kappa shape index (κ2) is 9.30. The van der Waals surface area contributed by atoms with Gasteiger partial charge in [-0.3, -0.25) is 4.90 Å². The third-order valence-corrected chi connectivity index (χ3v) is 4.51. The van der Waals surface area contributed by atoms with E-state index >= 15 is 0 Å². The Morgan fingerprint density at radius 3 is 2.32 bits per heavy atom. The van der Waals surface area contributed by atoms with Crippen molar-refractivity contribution in [2.45, 2.75) is 24.8 Å². The van der Waals surface area contributed by atoms with E-state index in [0.717, 1.165) is 32.5 Å². The molecule has 0 aliphatic carbocycles. The summed E-state index contributed by atoms with van der Waals surface area (Å²) in [4.78, 5) is 12.9. The van der Waals surface area contributed by atoms with E-state index in [1.807, 2.05) is 0 Å². The van der Waals surface area contributed by atoms with Crippen LogP contribution < -0.4 is 11.5 Å². The number of hydrogen-bond acceptors (Lipinski definition) is 4. The third kappa shape index (κ3) is 6.29. The van der Waals surface area contributed by atoms with Crippen molar-refractivity contribution in [2.75, 3.05) is 24.6 Å². The van der Waals surface area contributed by atoms with Gasteiger partial charge in [0.15, 0.2) is 0 Å². The largest absolute Gasteiger partial charge is 0.478 e. The number of nitrogens with zero attached hydrogens (tertiary/aromatic N) is 1. The summed E-state index contributed by atoms with van der Waals surface area (Å²) in [5.74, 6) is -1.04. The molecule has 0 unspecified atom stereocenters. The summed E-state index contributed by atoms with van der Waals surface area (Å²) in [6.07, 6.45) is 2.27. The topological polar surface area (TPSA) is 92.6 Å². The number of carboxylic acid groups (broad SMARTS) is 1. The number of benzene rings is 2. The van der Waals surface area contributed by atoms with Gasteiger partial charge in [-0.05, 0) is 49.7 Å². The molecular formula is C19H24ClN3O2. The summed E-state index contributed by atoms with van der Waals surface area (Å²) in [6.45, 7) is 3.36. The van der Waals surface area contributed by atoms with Crippen LogP contribution in [-0.4, -0.2) is 34.4 Å². The summed E-state index contributed by atoms with van der Waals surface area (Å²) in [7, 11) is 0. The van der Waals surface area contributed by atoms with E-state index in [0.29, 0.717) is 11.1 Å². The molecule has 1 heterocycles. The fraction of sp³-hybridized carbons (Fsp3) is 0.316. The van der Waals surface area contributed by atoms with Crippen LogP contribution >= 0.6 is 11.6 Å². The molecule has 2 aromatic rings. The first kappa shape index (κ1) is 19.1. The molecule has 0 atom stereocenters. The quantitative estimate of drug-likeness (QED) is 0.575. The lowest BCUT2D eigenvalue weighted by Crippen LogP contribution is -2.33. The highest BCUT2D eigenvalue weighted by Gasteiger charge is 2.16. The van der Waals surface area contributed by atoms with Gasteiger partial charge in [0.1, 0.15) is 0 Å². The van der Waals surface area contributed by atoms with Gasteiger partial charge in [-0.25, -0.2) is 4.79 Å². The van der Waals surface area contributed by atoms with E-state index < -0.39 is 5.97 Å². The van der Waals surface area contributed by atoms with Crippen molar-refractivity contribution in [3.63, 3.8) is 0 Å². The number of alkyl halides is 1. The average molecular weight is 362 g/mol. The van der Waals surface area contributed by atoms with Crippen molar-refractivity contribution in [1.29, 1.82) is 0 Å². The Labute approximate surface area is 153 Å². The summed E-state index contributed by atoms with van der Waals surface area (Å²) < 4.78 is 0. The molecule has 0 spiro atoms. The Morgan fingerprint density at radius 2 is 1.76 bits per heavy atom. The van der Waals surface area contributed by atoms with Gasteiger partial charge in [-0.1, -0.05) is 30.3 Å². The van der Waals surface area contributed by atoms with Crippen LogP contribution in [-0.2, 0) is 6.54 Å². The SMILES string of the molecule is ClC1CCN(Cc2ccccc2)CC1.Nc1ccc(C(=O)O)c(N)c1. The van der Waals surface area contributed by atoms with Gasteiger partial charge >= 0.3 is 5.97 Å². The third-order valence-electron chi connectivity index (χ3n) is 4.07. The van der Waals surface area contributed by atoms with Gasteiger partial charge in [-0.2, -0.15) is 0 Å². The van der Waals surface area contributed by atoms with E-state index in [1.54, 1.807) is 0 Å². The first-order valence-corrected chi connectivity index (χ1v) is 8.68. The summed E-state index contributed by atoms with van der Waals surface area (Å²) in [5.41, 5.74) is 12.9. The highest BCUT2D eigenvalue weighted by atomic mass is 35.5. The maximum atomic E-state index is 10.4. The fourth-order valence-corrected chi connectivity index (χ4v) is 2.87. The molecule has 2 aromatic carbocycles. The number of aromatic carboxylic acids is 1. The predicted molar refractivity (Wildman–Crippen MR) is 103 cm³/mol. The molecule has 5 nitrogen and oxygen atoms in total. The second-order valence-corrected chi connectivity index (χ2v) is 6.71.